The van der Waals surface area contributed by atoms with Crippen LogP contribution in [-0.2, 0) is 0 Å². The van der Waals surface area contributed by atoms with Gasteiger partial charge in [-0.1, -0.05) is 56.9 Å². The minimum Gasteiger partial charge on any atom is -0.236 e. The van der Waals surface area contributed by atoms with Crippen molar-refractivity contribution in [3.8, 4) is 0 Å². The second kappa shape index (κ2) is 8.21. The average Bonchev–Trinajstić information content (AvgIpc) is 2.54. The van der Waals surface area contributed by atoms with E-state index in [0.29, 0.717) is 12.8 Å². The van der Waals surface area contributed by atoms with E-state index in [9.17, 15) is 13.2 Å². The minimum atomic E-state index is -3.32. The van der Waals surface area contributed by atoms with Crippen molar-refractivity contribution in [2.45, 2.75) is 83.2 Å². The summed E-state index contributed by atoms with van der Waals surface area (Å²) in [5.41, 5.74) is 1.25. The van der Waals surface area contributed by atoms with Crippen molar-refractivity contribution in [1.29, 1.82) is 0 Å². The van der Waals surface area contributed by atoms with Gasteiger partial charge in [0.2, 0.25) is 0 Å². The molecule has 23 heavy (non-hydrogen) atoms. The second-order valence-electron chi connectivity index (χ2n) is 7.20. The van der Waals surface area contributed by atoms with Crippen LogP contribution in [0.25, 0.3) is 0 Å². The van der Waals surface area contributed by atoms with Gasteiger partial charge in [-0.05, 0) is 48.6 Å². The first-order valence-corrected chi connectivity index (χ1v) is 9.03. The van der Waals surface area contributed by atoms with Crippen molar-refractivity contribution in [1.82, 2.24) is 0 Å². The van der Waals surface area contributed by atoms with E-state index in [0.717, 1.165) is 5.92 Å². The summed E-state index contributed by atoms with van der Waals surface area (Å²) < 4.78 is 39.8. The lowest BCUT2D eigenvalue weighted by atomic mass is 9.77. The first-order chi connectivity index (χ1) is 10.9. The first-order valence-electron chi connectivity index (χ1n) is 9.03. The van der Waals surface area contributed by atoms with Gasteiger partial charge in [0.05, 0.1) is 0 Å². The number of halogens is 3. The average molecular weight is 326 g/mol. The van der Waals surface area contributed by atoms with Crippen LogP contribution in [0.15, 0.2) is 24.3 Å². The van der Waals surface area contributed by atoms with Crippen LogP contribution < -0.4 is 0 Å². The Kier molecular flexibility index (Phi) is 6.55. The van der Waals surface area contributed by atoms with Crippen LogP contribution in [0.5, 0.6) is 0 Å². The smallest absolute Gasteiger partial charge is 0.236 e. The fourth-order valence-electron chi connectivity index (χ4n) is 3.70. The fourth-order valence-corrected chi connectivity index (χ4v) is 3.70. The molecule has 1 aromatic carbocycles. The predicted octanol–water partition coefficient (Wildman–Crippen LogP) is 7.21. The third kappa shape index (κ3) is 5.26. The molecule has 0 amide bonds. The molecule has 0 aliphatic heterocycles. The molecule has 0 aromatic heterocycles. The maximum atomic E-state index is 13.7. The van der Waals surface area contributed by atoms with E-state index in [-0.39, 0.29) is 5.56 Å². The largest absolute Gasteiger partial charge is 0.280 e. The Balaban J connectivity index is 1.87. The number of hydrogen-bond acceptors (Lipinski definition) is 0. The van der Waals surface area contributed by atoms with E-state index in [1.807, 2.05) is 12.1 Å². The molecular formula is C20H29F3. The number of alkyl halides is 3. The van der Waals surface area contributed by atoms with Gasteiger partial charge >= 0.3 is 0 Å². The number of benzene rings is 1. The maximum Gasteiger partial charge on any atom is 0.280 e. The molecule has 1 unspecified atom stereocenters. The Labute approximate surface area is 138 Å². The highest BCUT2D eigenvalue weighted by atomic mass is 19.3. The van der Waals surface area contributed by atoms with Crippen LogP contribution in [0.4, 0.5) is 13.2 Å². The summed E-state index contributed by atoms with van der Waals surface area (Å²) in [6.45, 7) is 2.86. The zero-order valence-electron chi connectivity index (χ0n) is 14.3. The van der Waals surface area contributed by atoms with Crippen molar-refractivity contribution in [2.24, 2.45) is 5.92 Å². The highest BCUT2D eigenvalue weighted by Gasteiger charge is 2.35. The lowest BCUT2D eigenvalue weighted by Crippen LogP contribution is -2.18. The van der Waals surface area contributed by atoms with Crippen LogP contribution in [0.1, 0.15) is 88.4 Å². The molecule has 130 valence electrons. The van der Waals surface area contributed by atoms with Gasteiger partial charge in [-0.25, -0.2) is 13.2 Å². The molecule has 1 aromatic rings. The Hall–Kier alpha value is -0.990. The van der Waals surface area contributed by atoms with Gasteiger partial charge in [-0.15, -0.1) is 0 Å². The van der Waals surface area contributed by atoms with Gasteiger partial charge in [0.15, 0.2) is 6.17 Å². The van der Waals surface area contributed by atoms with Crippen LogP contribution in [0, 0.1) is 5.92 Å². The molecule has 0 N–H and O–H groups in total. The first kappa shape index (κ1) is 18.4. The molecule has 1 aliphatic rings. The molecule has 0 saturated heterocycles. The molecule has 2 rings (SSSR count). The van der Waals surface area contributed by atoms with Crippen molar-refractivity contribution in [2.75, 3.05) is 0 Å². The summed E-state index contributed by atoms with van der Waals surface area (Å²) in [5, 5.41) is 0. The molecular weight excluding hydrogens is 297 g/mol. The Bertz CT molecular complexity index is 453. The molecule has 1 fully saturated rings. The quantitative estimate of drug-likeness (QED) is 0.464. The lowest BCUT2D eigenvalue weighted by molar-refractivity contribution is -0.0566. The predicted molar refractivity (Wildman–Crippen MR) is 89.8 cm³/mol. The summed E-state index contributed by atoms with van der Waals surface area (Å²) in [6, 6.07) is 6.75. The molecule has 3 heteroatoms. The second-order valence-corrected chi connectivity index (χ2v) is 7.20. The molecule has 0 heterocycles. The van der Waals surface area contributed by atoms with E-state index in [4.69, 9.17) is 0 Å². The van der Waals surface area contributed by atoms with E-state index < -0.39 is 12.1 Å². The van der Waals surface area contributed by atoms with Crippen molar-refractivity contribution < 1.29 is 13.2 Å². The molecule has 0 nitrogen and oxygen atoms in total. The highest BCUT2D eigenvalue weighted by Crippen LogP contribution is 2.39. The summed E-state index contributed by atoms with van der Waals surface area (Å²) >= 11 is 0. The number of hydrogen-bond donors (Lipinski definition) is 0. The van der Waals surface area contributed by atoms with Gasteiger partial charge in [0.25, 0.3) is 5.92 Å². The molecule has 0 spiro atoms. The van der Waals surface area contributed by atoms with Gasteiger partial charge in [0, 0.05) is 6.92 Å². The molecule has 0 bridgehead atoms. The Morgan fingerprint density at radius 1 is 1.04 bits per heavy atom. The van der Waals surface area contributed by atoms with E-state index >= 15 is 0 Å². The fraction of sp³-hybridized carbons (Fsp3) is 0.700. The van der Waals surface area contributed by atoms with E-state index in [2.05, 4.69) is 6.92 Å². The normalized spacial score (nSPS) is 23.7. The lowest BCUT2D eigenvalue weighted by Gasteiger charge is -2.29. The van der Waals surface area contributed by atoms with Gasteiger partial charge in [-0.2, -0.15) is 0 Å². The highest BCUT2D eigenvalue weighted by molar-refractivity contribution is 5.28. The zero-order chi connectivity index (χ0) is 16.9. The number of unbranched alkanes of at least 4 members (excludes halogenated alkanes) is 2. The zero-order valence-corrected chi connectivity index (χ0v) is 14.3. The molecule has 1 atom stereocenters. The van der Waals surface area contributed by atoms with Crippen LogP contribution in [0.3, 0.4) is 0 Å². The maximum absolute atomic E-state index is 13.7. The molecule has 1 saturated carbocycles. The third-order valence-corrected chi connectivity index (χ3v) is 5.21. The Morgan fingerprint density at radius 2 is 1.65 bits per heavy atom. The topological polar surface area (TPSA) is 0 Å². The van der Waals surface area contributed by atoms with Crippen molar-refractivity contribution in [3.63, 3.8) is 0 Å². The van der Waals surface area contributed by atoms with Gasteiger partial charge in [0.1, 0.15) is 0 Å². The number of rotatable bonds is 7. The van der Waals surface area contributed by atoms with Crippen molar-refractivity contribution in [3.05, 3.63) is 35.4 Å². The summed E-state index contributed by atoms with van der Waals surface area (Å²) in [7, 11) is 0. The van der Waals surface area contributed by atoms with Crippen LogP contribution in [0.2, 0.25) is 0 Å². The summed E-state index contributed by atoms with van der Waals surface area (Å²) in [6.07, 6.45) is 7.91. The monoisotopic (exact) mass is 326 g/mol. The standard InChI is InChI=1S/C20H29F3/c1-3-4-5-6-15-7-9-16(10-8-15)17-11-13-18(14-12-17)19(21)20(2,22)23/h11-16,19H,3-10H2,1-2H3/t15-,16-,19?. The molecule has 1 aliphatic carbocycles. The van der Waals surface area contributed by atoms with E-state index in [1.165, 1.54) is 69.1 Å². The van der Waals surface area contributed by atoms with Gasteiger partial charge < -0.3 is 0 Å². The van der Waals surface area contributed by atoms with Crippen molar-refractivity contribution >= 4 is 0 Å². The Morgan fingerprint density at radius 3 is 2.17 bits per heavy atom. The summed E-state index contributed by atoms with van der Waals surface area (Å²) in [4.78, 5) is 0. The SMILES string of the molecule is CCCCC[C@H]1CC[C@H](c2ccc(C(F)C(C)(F)F)cc2)CC1. The summed E-state index contributed by atoms with van der Waals surface area (Å²) in [5.74, 6) is -1.96. The van der Waals surface area contributed by atoms with Crippen LogP contribution >= 0.6 is 0 Å². The minimum absolute atomic E-state index is 0.0782. The van der Waals surface area contributed by atoms with Crippen LogP contribution in [-0.4, -0.2) is 5.92 Å². The molecule has 0 radical (unpaired) electrons. The third-order valence-electron chi connectivity index (χ3n) is 5.21. The van der Waals surface area contributed by atoms with Gasteiger partial charge in [-0.3, -0.25) is 0 Å². The van der Waals surface area contributed by atoms with E-state index in [1.54, 1.807) is 0 Å².